The van der Waals surface area contributed by atoms with Crippen molar-refractivity contribution in [1.82, 2.24) is 9.80 Å². The molecule has 120 valence electrons. The maximum Gasteiger partial charge on any atom is 0.233 e. The largest absolute Gasteiger partial charge is 0.343 e. The highest BCUT2D eigenvalue weighted by Crippen LogP contribution is 2.35. The second-order valence-corrected chi connectivity index (χ2v) is 6.80. The van der Waals surface area contributed by atoms with Crippen molar-refractivity contribution in [2.24, 2.45) is 17.8 Å². The molecular formula is C17H24N2O3. The van der Waals surface area contributed by atoms with Crippen molar-refractivity contribution in [3.05, 3.63) is 12.2 Å². The number of likely N-dealkylation sites (tertiary alicyclic amines) is 2. The molecule has 2 fully saturated rings. The van der Waals surface area contributed by atoms with Crippen molar-refractivity contribution in [3.63, 3.8) is 0 Å². The van der Waals surface area contributed by atoms with E-state index in [0.29, 0.717) is 18.8 Å². The Balaban J connectivity index is 1.54. The van der Waals surface area contributed by atoms with Crippen molar-refractivity contribution in [3.8, 4) is 0 Å². The summed E-state index contributed by atoms with van der Waals surface area (Å²) in [6.07, 6.45) is 7.63. The summed E-state index contributed by atoms with van der Waals surface area (Å²) in [4.78, 5) is 40.1. The van der Waals surface area contributed by atoms with Crippen LogP contribution in [0, 0.1) is 17.8 Å². The van der Waals surface area contributed by atoms with Crippen LogP contribution in [-0.2, 0) is 14.4 Å². The van der Waals surface area contributed by atoms with Crippen LogP contribution in [0.4, 0.5) is 0 Å². The van der Waals surface area contributed by atoms with E-state index in [9.17, 15) is 14.4 Å². The lowest BCUT2D eigenvalue weighted by molar-refractivity contribution is -0.141. The number of allylic oxidation sites excluding steroid dienone is 2. The van der Waals surface area contributed by atoms with Crippen molar-refractivity contribution in [1.29, 1.82) is 0 Å². The van der Waals surface area contributed by atoms with Gasteiger partial charge < -0.3 is 4.90 Å². The third kappa shape index (κ3) is 2.81. The number of hydrogen-bond donors (Lipinski definition) is 0. The SMILES string of the molecule is CC1CCN(C(=O)CCN2C(=O)[C@H]3CC=CC[C@H]3C2=O)CC1. The quantitative estimate of drug-likeness (QED) is 0.587. The first-order valence-corrected chi connectivity index (χ1v) is 8.36. The fourth-order valence-corrected chi connectivity index (χ4v) is 3.71. The normalized spacial score (nSPS) is 29.1. The van der Waals surface area contributed by atoms with Crippen molar-refractivity contribution in [2.75, 3.05) is 19.6 Å². The van der Waals surface area contributed by atoms with Crippen LogP contribution in [0.2, 0.25) is 0 Å². The van der Waals surface area contributed by atoms with E-state index in [-0.39, 0.29) is 42.5 Å². The molecule has 3 rings (SSSR count). The molecule has 0 unspecified atom stereocenters. The molecule has 0 spiro atoms. The molecule has 2 saturated heterocycles. The summed E-state index contributed by atoms with van der Waals surface area (Å²) in [5.74, 6) is 0.201. The standard InChI is InChI=1S/C17H24N2O3/c1-12-6-9-18(10-7-12)15(20)8-11-19-16(21)13-4-2-3-5-14(13)17(19)22/h2-3,12-14H,4-11H2,1H3/t13-,14+. The van der Waals surface area contributed by atoms with Crippen LogP contribution in [0.15, 0.2) is 12.2 Å². The van der Waals surface area contributed by atoms with E-state index in [1.165, 1.54) is 4.90 Å². The second-order valence-electron chi connectivity index (χ2n) is 6.80. The van der Waals surface area contributed by atoms with Crippen LogP contribution in [-0.4, -0.2) is 47.2 Å². The monoisotopic (exact) mass is 304 g/mol. The smallest absolute Gasteiger partial charge is 0.233 e. The van der Waals surface area contributed by atoms with E-state index in [0.717, 1.165) is 25.9 Å². The number of rotatable bonds is 3. The lowest BCUT2D eigenvalue weighted by Crippen LogP contribution is -2.40. The van der Waals surface area contributed by atoms with Gasteiger partial charge >= 0.3 is 0 Å². The number of imide groups is 1. The van der Waals surface area contributed by atoms with E-state index in [2.05, 4.69) is 6.92 Å². The summed E-state index contributed by atoms with van der Waals surface area (Å²) < 4.78 is 0. The van der Waals surface area contributed by atoms with Gasteiger partial charge in [-0.2, -0.15) is 0 Å². The molecule has 0 radical (unpaired) electrons. The van der Waals surface area contributed by atoms with Crippen LogP contribution < -0.4 is 0 Å². The molecule has 5 heteroatoms. The number of hydrogen-bond acceptors (Lipinski definition) is 3. The Morgan fingerprint density at radius 2 is 1.64 bits per heavy atom. The zero-order chi connectivity index (χ0) is 15.7. The highest BCUT2D eigenvalue weighted by atomic mass is 16.2. The lowest BCUT2D eigenvalue weighted by Gasteiger charge is -2.30. The molecule has 2 heterocycles. The fraction of sp³-hybridized carbons (Fsp3) is 0.706. The van der Waals surface area contributed by atoms with Gasteiger partial charge in [-0.25, -0.2) is 0 Å². The molecule has 1 aliphatic carbocycles. The predicted molar refractivity (Wildman–Crippen MR) is 81.7 cm³/mol. The van der Waals surface area contributed by atoms with Gasteiger partial charge in [-0.1, -0.05) is 19.1 Å². The predicted octanol–water partition coefficient (Wildman–Crippen LogP) is 1.59. The average molecular weight is 304 g/mol. The highest BCUT2D eigenvalue weighted by Gasteiger charge is 2.47. The molecule has 0 aromatic carbocycles. The van der Waals surface area contributed by atoms with Gasteiger partial charge in [0.05, 0.1) is 11.8 Å². The Morgan fingerprint density at radius 1 is 1.09 bits per heavy atom. The van der Waals surface area contributed by atoms with Gasteiger partial charge in [0, 0.05) is 26.1 Å². The number of fused-ring (bicyclic) bond motifs is 1. The van der Waals surface area contributed by atoms with Crippen LogP contribution >= 0.6 is 0 Å². The minimum atomic E-state index is -0.191. The Bertz CT molecular complexity index is 480. The summed E-state index contributed by atoms with van der Waals surface area (Å²) in [7, 11) is 0. The Hall–Kier alpha value is -1.65. The van der Waals surface area contributed by atoms with Gasteiger partial charge in [-0.3, -0.25) is 19.3 Å². The number of amides is 3. The van der Waals surface area contributed by atoms with E-state index in [1.807, 2.05) is 17.1 Å². The second kappa shape index (κ2) is 6.23. The molecule has 3 amide bonds. The van der Waals surface area contributed by atoms with Crippen molar-refractivity contribution >= 4 is 17.7 Å². The van der Waals surface area contributed by atoms with Gasteiger partial charge in [0.2, 0.25) is 17.7 Å². The van der Waals surface area contributed by atoms with E-state index < -0.39 is 0 Å². The Morgan fingerprint density at radius 3 is 2.18 bits per heavy atom. The van der Waals surface area contributed by atoms with E-state index >= 15 is 0 Å². The summed E-state index contributed by atoms with van der Waals surface area (Å²) >= 11 is 0. The zero-order valence-electron chi connectivity index (χ0n) is 13.2. The maximum atomic E-state index is 12.3. The molecule has 22 heavy (non-hydrogen) atoms. The number of nitrogens with zero attached hydrogens (tertiary/aromatic N) is 2. The van der Waals surface area contributed by atoms with Crippen molar-refractivity contribution in [2.45, 2.75) is 39.0 Å². The number of carbonyl (C=O) groups excluding carboxylic acids is 3. The molecule has 0 aromatic heterocycles. The summed E-state index contributed by atoms with van der Waals surface area (Å²) in [5.41, 5.74) is 0. The molecule has 0 aromatic rings. The number of piperidine rings is 1. The zero-order valence-corrected chi connectivity index (χ0v) is 13.2. The minimum Gasteiger partial charge on any atom is -0.343 e. The molecule has 5 nitrogen and oxygen atoms in total. The fourth-order valence-electron chi connectivity index (χ4n) is 3.71. The highest BCUT2D eigenvalue weighted by molar-refractivity contribution is 6.05. The molecular weight excluding hydrogens is 280 g/mol. The Kier molecular flexibility index (Phi) is 4.32. The Labute approximate surface area is 131 Å². The topological polar surface area (TPSA) is 57.7 Å². The van der Waals surface area contributed by atoms with Crippen LogP contribution in [0.25, 0.3) is 0 Å². The lowest BCUT2D eigenvalue weighted by atomic mass is 9.85. The number of carbonyl (C=O) groups is 3. The first-order valence-electron chi connectivity index (χ1n) is 8.36. The third-order valence-corrected chi connectivity index (χ3v) is 5.28. The van der Waals surface area contributed by atoms with Crippen LogP contribution in [0.3, 0.4) is 0 Å². The van der Waals surface area contributed by atoms with E-state index in [4.69, 9.17) is 0 Å². The van der Waals surface area contributed by atoms with Crippen LogP contribution in [0.5, 0.6) is 0 Å². The summed E-state index contributed by atoms with van der Waals surface area (Å²) in [6.45, 7) is 4.06. The first kappa shape index (κ1) is 15.3. The van der Waals surface area contributed by atoms with Crippen molar-refractivity contribution < 1.29 is 14.4 Å². The molecule has 3 aliphatic rings. The first-order chi connectivity index (χ1) is 10.6. The minimum absolute atomic E-state index is 0.0699. The van der Waals surface area contributed by atoms with Gasteiger partial charge in [-0.15, -0.1) is 0 Å². The molecule has 0 saturated carbocycles. The third-order valence-electron chi connectivity index (χ3n) is 5.28. The van der Waals surface area contributed by atoms with Crippen LogP contribution in [0.1, 0.15) is 39.0 Å². The van der Waals surface area contributed by atoms with Gasteiger partial charge in [0.15, 0.2) is 0 Å². The van der Waals surface area contributed by atoms with E-state index in [1.54, 1.807) is 0 Å². The average Bonchev–Trinajstić information content (AvgIpc) is 2.78. The summed E-state index contributed by atoms with van der Waals surface area (Å²) in [6, 6.07) is 0. The van der Waals surface area contributed by atoms with Gasteiger partial charge in [0.25, 0.3) is 0 Å². The molecule has 0 bridgehead atoms. The molecule has 0 N–H and O–H groups in total. The molecule has 2 atom stereocenters. The molecule has 2 aliphatic heterocycles. The maximum absolute atomic E-state index is 12.3. The van der Waals surface area contributed by atoms with Gasteiger partial charge in [-0.05, 0) is 31.6 Å². The summed E-state index contributed by atoms with van der Waals surface area (Å²) in [5, 5.41) is 0. The van der Waals surface area contributed by atoms with Gasteiger partial charge in [0.1, 0.15) is 0 Å².